The Kier molecular flexibility index (Phi) is 6.26. The van der Waals surface area contributed by atoms with Crippen LogP contribution in [0.5, 0.6) is 0 Å². The van der Waals surface area contributed by atoms with Crippen LogP contribution in [0.2, 0.25) is 0 Å². The van der Waals surface area contributed by atoms with Crippen molar-refractivity contribution in [3.8, 4) is 0 Å². The van der Waals surface area contributed by atoms with Gasteiger partial charge in [0, 0.05) is 40.6 Å². The molecular weight excluding hydrogens is 414 g/mol. The Balaban J connectivity index is 1.40. The summed E-state index contributed by atoms with van der Waals surface area (Å²) in [5.41, 5.74) is 3.94. The van der Waals surface area contributed by atoms with Gasteiger partial charge in [-0.3, -0.25) is 4.79 Å². The van der Waals surface area contributed by atoms with Crippen LogP contribution >= 0.6 is 11.8 Å². The van der Waals surface area contributed by atoms with Crippen molar-refractivity contribution in [2.24, 2.45) is 4.99 Å². The zero-order chi connectivity index (χ0) is 21.8. The number of rotatable bonds is 4. The fourth-order valence-corrected chi connectivity index (χ4v) is 5.28. The van der Waals surface area contributed by atoms with Crippen LogP contribution in [0.15, 0.2) is 87.6 Å². The number of amides is 1. The van der Waals surface area contributed by atoms with Crippen LogP contribution in [-0.4, -0.2) is 36.3 Å². The lowest BCUT2D eigenvalue weighted by atomic mass is 10.1. The third kappa shape index (κ3) is 4.58. The second-order valence-electron chi connectivity index (χ2n) is 8.26. The molecule has 1 saturated heterocycles. The summed E-state index contributed by atoms with van der Waals surface area (Å²) in [6, 6.07) is 24.6. The Labute approximate surface area is 193 Å². The number of benzene rings is 3. The molecule has 0 spiro atoms. The molecule has 0 atom stereocenters. The molecule has 0 unspecified atom stereocenters. The van der Waals surface area contributed by atoms with Gasteiger partial charge in [-0.2, -0.15) is 0 Å². The van der Waals surface area contributed by atoms with Crippen molar-refractivity contribution in [1.29, 1.82) is 0 Å². The van der Waals surface area contributed by atoms with E-state index in [-0.39, 0.29) is 5.91 Å². The average Bonchev–Trinajstić information content (AvgIpc) is 3.01. The second kappa shape index (κ2) is 9.61. The molecule has 3 aromatic carbocycles. The molecule has 5 rings (SSSR count). The summed E-state index contributed by atoms with van der Waals surface area (Å²) in [5.74, 6) is 0.985. The van der Waals surface area contributed by atoms with Crippen LogP contribution in [0.1, 0.15) is 40.7 Å². The maximum atomic E-state index is 12.8. The summed E-state index contributed by atoms with van der Waals surface area (Å²) >= 11 is 1.73. The molecule has 2 aliphatic rings. The first-order valence-electron chi connectivity index (χ1n) is 11.3. The minimum atomic E-state index is -0.0507. The second-order valence-corrected chi connectivity index (χ2v) is 9.34. The summed E-state index contributed by atoms with van der Waals surface area (Å²) in [6.07, 6.45) is 4.50. The minimum absolute atomic E-state index is 0.0507. The highest BCUT2D eigenvalue weighted by atomic mass is 32.2. The third-order valence-corrected chi connectivity index (χ3v) is 7.13. The Hall–Kier alpha value is -3.05. The van der Waals surface area contributed by atoms with Crippen molar-refractivity contribution < 1.29 is 4.79 Å². The fourth-order valence-electron chi connectivity index (χ4n) is 4.28. The van der Waals surface area contributed by atoms with Gasteiger partial charge < -0.3 is 10.2 Å². The molecule has 162 valence electrons. The normalized spacial score (nSPS) is 15.2. The molecule has 0 bridgehead atoms. The first kappa shape index (κ1) is 20.8. The van der Waals surface area contributed by atoms with E-state index < -0.39 is 0 Å². The number of piperidine rings is 1. The molecule has 1 N–H and O–H groups in total. The molecule has 32 heavy (non-hydrogen) atoms. The van der Waals surface area contributed by atoms with Gasteiger partial charge in [-0.1, -0.05) is 60.3 Å². The number of aliphatic imine (C=N–C) groups is 1. The number of nitrogens with one attached hydrogen (secondary N) is 1. The standard InChI is InChI=1S/C27H27N3OS/c31-27(28-16-15-20-9-3-1-4-10-20)21-13-14-25-23(19-21)29-26(30-17-7-2-8-18-30)22-11-5-6-12-24(22)32-25/h1,3-6,9-14,19H,2,7-8,15-18H2,(H,28,31). The number of hydrogen-bond acceptors (Lipinski definition) is 4. The first-order chi connectivity index (χ1) is 15.8. The fraction of sp³-hybridized carbons (Fsp3) is 0.259. The van der Waals surface area contributed by atoms with Crippen LogP contribution in [0, 0.1) is 0 Å². The zero-order valence-corrected chi connectivity index (χ0v) is 18.9. The van der Waals surface area contributed by atoms with E-state index >= 15 is 0 Å². The molecule has 0 aliphatic carbocycles. The summed E-state index contributed by atoms with van der Waals surface area (Å²) < 4.78 is 0. The van der Waals surface area contributed by atoms with Gasteiger partial charge in [0.2, 0.25) is 0 Å². The minimum Gasteiger partial charge on any atom is -0.356 e. The Bertz CT molecular complexity index is 1140. The molecule has 0 aromatic heterocycles. The predicted octanol–water partition coefficient (Wildman–Crippen LogP) is 5.69. The lowest BCUT2D eigenvalue weighted by Crippen LogP contribution is -2.36. The van der Waals surface area contributed by atoms with Crippen molar-refractivity contribution in [3.63, 3.8) is 0 Å². The quantitative estimate of drug-likeness (QED) is 0.566. The zero-order valence-electron chi connectivity index (χ0n) is 18.1. The van der Waals surface area contributed by atoms with Gasteiger partial charge in [-0.15, -0.1) is 0 Å². The lowest BCUT2D eigenvalue weighted by molar-refractivity contribution is 0.0954. The number of hydrogen-bond donors (Lipinski definition) is 1. The molecule has 1 amide bonds. The van der Waals surface area contributed by atoms with E-state index in [0.717, 1.165) is 35.9 Å². The van der Waals surface area contributed by atoms with E-state index in [0.29, 0.717) is 12.1 Å². The van der Waals surface area contributed by atoms with E-state index in [1.54, 1.807) is 11.8 Å². The van der Waals surface area contributed by atoms with Gasteiger partial charge in [-0.05, 0) is 55.5 Å². The van der Waals surface area contributed by atoms with Gasteiger partial charge >= 0.3 is 0 Å². The van der Waals surface area contributed by atoms with Crippen molar-refractivity contribution in [3.05, 3.63) is 89.5 Å². The summed E-state index contributed by atoms with van der Waals surface area (Å²) in [4.78, 5) is 22.7. The Morgan fingerprint density at radius 2 is 1.69 bits per heavy atom. The summed E-state index contributed by atoms with van der Waals surface area (Å²) in [7, 11) is 0. The molecule has 3 aromatic rings. The summed E-state index contributed by atoms with van der Waals surface area (Å²) in [6.45, 7) is 2.68. The van der Waals surface area contributed by atoms with E-state index in [2.05, 4.69) is 46.6 Å². The smallest absolute Gasteiger partial charge is 0.251 e. The molecular formula is C27H27N3OS. The highest BCUT2D eigenvalue weighted by Gasteiger charge is 2.23. The number of amidine groups is 1. The third-order valence-electron chi connectivity index (χ3n) is 5.99. The largest absolute Gasteiger partial charge is 0.356 e. The van der Waals surface area contributed by atoms with Gasteiger partial charge in [0.15, 0.2) is 0 Å². The van der Waals surface area contributed by atoms with E-state index in [4.69, 9.17) is 4.99 Å². The molecule has 5 heteroatoms. The average molecular weight is 442 g/mol. The SMILES string of the molecule is O=C(NCCc1ccccc1)c1ccc2c(c1)N=C(N1CCCCC1)c1ccccc1S2. The monoisotopic (exact) mass is 441 g/mol. The highest BCUT2D eigenvalue weighted by Crippen LogP contribution is 2.41. The van der Waals surface area contributed by atoms with Gasteiger partial charge in [0.25, 0.3) is 5.91 Å². The lowest BCUT2D eigenvalue weighted by Gasteiger charge is -2.30. The van der Waals surface area contributed by atoms with Gasteiger partial charge in [-0.25, -0.2) is 4.99 Å². The molecule has 1 fully saturated rings. The van der Waals surface area contributed by atoms with Crippen molar-refractivity contribution >= 4 is 29.2 Å². The van der Waals surface area contributed by atoms with Gasteiger partial charge in [0.1, 0.15) is 5.84 Å². The van der Waals surface area contributed by atoms with Crippen molar-refractivity contribution in [1.82, 2.24) is 10.2 Å². The van der Waals surface area contributed by atoms with Crippen LogP contribution in [0.4, 0.5) is 5.69 Å². The molecule has 2 aliphatic heterocycles. The Morgan fingerprint density at radius 1 is 0.906 bits per heavy atom. The predicted molar refractivity (Wildman–Crippen MR) is 131 cm³/mol. The Morgan fingerprint density at radius 3 is 2.53 bits per heavy atom. The molecule has 4 nitrogen and oxygen atoms in total. The molecule has 2 heterocycles. The van der Waals surface area contributed by atoms with Crippen LogP contribution in [-0.2, 0) is 6.42 Å². The highest BCUT2D eigenvalue weighted by molar-refractivity contribution is 7.99. The van der Waals surface area contributed by atoms with Crippen molar-refractivity contribution in [2.75, 3.05) is 19.6 Å². The number of carbonyl (C=O) groups excluding carboxylic acids is 1. The maximum Gasteiger partial charge on any atom is 0.251 e. The van der Waals surface area contributed by atoms with Crippen LogP contribution < -0.4 is 5.32 Å². The van der Waals surface area contributed by atoms with E-state index in [1.807, 2.05) is 36.4 Å². The first-order valence-corrected chi connectivity index (χ1v) is 12.2. The molecule has 0 saturated carbocycles. The number of likely N-dealkylation sites (tertiary alicyclic amines) is 1. The maximum absolute atomic E-state index is 12.8. The molecule has 0 radical (unpaired) electrons. The van der Waals surface area contributed by atoms with E-state index in [9.17, 15) is 4.79 Å². The number of nitrogens with zero attached hydrogens (tertiary/aromatic N) is 2. The topological polar surface area (TPSA) is 44.7 Å². The number of fused-ring (bicyclic) bond motifs is 2. The van der Waals surface area contributed by atoms with Gasteiger partial charge in [0.05, 0.1) is 5.69 Å². The van der Waals surface area contributed by atoms with Crippen molar-refractivity contribution in [2.45, 2.75) is 35.5 Å². The summed E-state index contributed by atoms with van der Waals surface area (Å²) in [5, 5.41) is 3.06. The van der Waals surface area contributed by atoms with Crippen LogP contribution in [0.3, 0.4) is 0 Å². The number of carbonyl (C=O) groups is 1. The van der Waals surface area contributed by atoms with E-state index in [1.165, 1.54) is 35.3 Å². The van der Waals surface area contributed by atoms with Crippen LogP contribution in [0.25, 0.3) is 0 Å².